The van der Waals surface area contributed by atoms with Gasteiger partial charge in [0.15, 0.2) is 0 Å². The summed E-state index contributed by atoms with van der Waals surface area (Å²) in [6, 6.07) is 3.93. The molecule has 0 aromatic carbocycles. The van der Waals surface area contributed by atoms with Crippen LogP contribution in [-0.2, 0) is 15.3 Å². The third-order valence-corrected chi connectivity index (χ3v) is 3.97. The summed E-state index contributed by atoms with van der Waals surface area (Å²) in [5.41, 5.74) is 0. The van der Waals surface area contributed by atoms with Gasteiger partial charge in [0.2, 0.25) is 5.79 Å². The minimum absolute atomic E-state index is 0.00212. The second-order valence-electron chi connectivity index (χ2n) is 3.28. The Morgan fingerprint density at radius 1 is 1.71 bits per heavy atom. The lowest BCUT2D eigenvalue weighted by atomic mass is 10.2. The summed E-state index contributed by atoms with van der Waals surface area (Å²) in [6.45, 7) is 2.32. The van der Waals surface area contributed by atoms with Crippen molar-refractivity contribution in [1.82, 2.24) is 0 Å². The molecule has 1 aromatic heterocycles. The second kappa shape index (κ2) is 3.90. The van der Waals surface area contributed by atoms with Crippen molar-refractivity contribution in [2.75, 3.05) is 13.2 Å². The van der Waals surface area contributed by atoms with Gasteiger partial charge in [0, 0.05) is 0 Å². The zero-order chi connectivity index (χ0) is 10.2. The smallest absolute Gasteiger partial charge is 0.201 e. The van der Waals surface area contributed by atoms with Crippen LogP contribution in [0.1, 0.15) is 11.8 Å². The minimum Gasteiger partial charge on any atom is -0.394 e. The van der Waals surface area contributed by atoms with Crippen LogP contribution in [0, 0.1) is 0 Å². The van der Waals surface area contributed by atoms with Gasteiger partial charge in [0.25, 0.3) is 0 Å². The predicted octanol–water partition coefficient (Wildman–Crippen LogP) is 2.09. The van der Waals surface area contributed by atoms with E-state index in [1.807, 2.05) is 19.1 Å². The van der Waals surface area contributed by atoms with Gasteiger partial charge in [-0.3, -0.25) is 0 Å². The first-order chi connectivity index (χ1) is 6.64. The number of aliphatic hydroxyl groups excluding tert-OH is 1. The molecule has 78 valence electrons. The van der Waals surface area contributed by atoms with E-state index in [2.05, 4.69) is 15.9 Å². The van der Waals surface area contributed by atoms with Crippen LogP contribution in [0.25, 0.3) is 0 Å². The number of halogens is 1. The van der Waals surface area contributed by atoms with E-state index < -0.39 is 5.79 Å². The highest BCUT2D eigenvalue weighted by molar-refractivity contribution is 9.11. The third kappa shape index (κ3) is 1.87. The zero-order valence-electron chi connectivity index (χ0n) is 7.70. The van der Waals surface area contributed by atoms with Crippen LogP contribution in [0.2, 0.25) is 0 Å². The fourth-order valence-electron chi connectivity index (χ4n) is 1.42. The Balaban J connectivity index is 2.18. The molecule has 0 amide bonds. The monoisotopic (exact) mass is 278 g/mol. The van der Waals surface area contributed by atoms with E-state index in [4.69, 9.17) is 14.6 Å². The summed E-state index contributed by atoms with van der Waals surface area (Å²) in [6.07, 6.45) is -0.208. The topological polar surface area (TPSA) is 38.7 Å². The van der Waals surface area contributed by atoms with E-state index in [1.54, 1.807) is 11.3 Å². The van der Waals surface area contributed by atoms with Crippen molar-refractivity contribution in [3.8, 4) is 0 Å². The second-order valence-corrected chi connectivity index (χ2v) is 5.75. The molecule has 0 bridgehead atoms. The van der Waals surface area contributed by atoms with Gasteiger partial charge in [-0.15, -0.1) is 11.3 Å². The maximum atomic E-state index is 8.94. The van der Waals surface area contributed by atoms with Crippen LogP contribution in [0.15, 0.2) is 15.9 Å². The van der Waals surface area contributed by atoms with E-state index in [1.165, 1.54) is 0 Å². The van der Waals surface area contributed by atoms with E-state index in [0.717, 1.165) is 8.66 Å². The molecule has 1 aliphatic rings. The lowest BCUT2D eigenvalue weighted by molar-refractivity contribution is -0.162. The number of ether oxygens (including phenoxy) is 2. The molecule has 2 unspecified atom stereocenters. The normalized spacial score (nSPS) is 32.4. The van der Waals surface area contributed by atoms with Gasteiger partial charge >= 0.3 is 0 Å². The summed E-state index contributed by atoms with van der Waals surface area (Å²) in [5, 5.41) is 8.94. The number of rotatable bonds is 2. The minimum atomic E-state index is -0.690. The Morgan fingerprint density at radius 3 is 3.00 bits per heavy atom. The molecule has 2 heterocycles. The van der Waals surface area contributed by atoms with E-state index in [-0.39, 0.29) is 12.7 Å². The molecule has 0 saturated carbocycles. The molecule has 1 N–H and O–H groups in total. The number of thiophene rings is 1. The summed E-state index contributed by atoms with van der Waals surface area (Å²) >= 11 is 4.97. The summed E-state index contributed by atoms with van der Waals surface area (Å²) in [5.74, 6) is -0.690. The van der Waals surface area contributed by atoms with Crippen LogP contribution in [0.5, 0.6) is 0 Å². The summed E-state index contributed by atoms with van der Waals surface area (Å²) in [4.78, 5) is 1.01. The van der Waals surface area contributed by atoms with Crippen LogP contribution < -0.4 is 0 Å². The number of hydrogen-bond donors (Lipinski definition) is 1. The molecule has 0 spiro atoms. The molecule has 14 heavy (non-hydrogen) atoms. The lowest BCUT2D eigenvalue weighted by Gasteiger charge is -2.21. The zero-order valence-corrected chi connectivity index (χ0v) is 10.1. The predicted molar refractivity (Wildman–Crippen MR) is 57.3 cm³/mol. The standard InChI is InChI=1S/C9H11BrO3S/c1-9(7-2-3-8(10)14-7)12-5-6(4-11)13-9/h2-3,6,11H,4-5H2,1H3. The SMILES string of the molecule is CC1(c2ccc(Br)s2)OCC(CO)O1. The highest BCUT2D eigenvalue weighted by Crippen LogP contribution is 2.38. The largest absolute Gasteiger partial charge is 0.394 e. The molecule has 0 radical (unpaired) electrons. The molecule has 2 atom stereocenters. The van der Waals surface area contributed by atoms with Crippen molar-refractivity contribution in [1.29, 1.82) is 0 Å². The van der Waals surface area contributed by atoms with Crippen LogP contribution in [-0.4, -0.2) is 24.4 Å². The molecule has 1 aromatic rings. The Kier molecular flexibility index (Phi) is 2.95. The maximum Gasteiger partial charge on any atom is 0.201 e. The molecule has 0 aliphatic carbocycles. The number of hydrogen-bond acceptors (Lipinski definition) is 4. The fourth-order valence-corrected chi connectivity index (χ4v) is 2.85. The van der Waals surface area contributed by atoms with Crippen molar-refractivity contribution < 1.29 is 14.6 Å². The van der Waals surface area contributed by atoms with Crippen molar-refractivity contribution >= 4 is 27.3 Å². The Morgan fingerprint density at radius 2 is 2.50 bits per heavy atom. The van der Waals surface area contributed by atoms with Crippen molar-refractivity contribution in [2.24, 2.45) is 0 Å². The van der Waals surface area contributed by atoms with Gasteiger partial charge in [0.05, 0.1) is 21.9 Å². The average Bonchev–Trinajstić information content (AvgIpc) is 2.73. The molecular formula is C9H11BrO3S. The molecule has 1 fully saturated rings. The van der Waals surface area contributed by atoms with Gasteiger partial charge in [-0.25, -0.2) is 0 Å². The van der Waals surface area contributed by atoms with Gasteiger partial charge in [-0.1, -0.05) is 0 Å². The van der Waals surface area contributed by atoms with Crippen LogP contribution >= 0.6 is 27.3 Å². The highest BCUT2D eigenvalue weighted by Gasteiger charge is 2.39. The first-order valence-corrected chi connectivity index (χ1v) is 5.93. The molecule has 5 heteroatoms. The van der Waals surface area contributed by atoms with Gasteiger partial charge in [-0.2, -0.15) is 0 Å². The Labute approximate surface area is 94.8 Å². The van der Waals surface area contributed by atoms with E-state index in [0.29, 0.717) is 6.61 Å². The fraction of sp³-hybridized carbons (Fsp3) is 0.556. The van der Waals surface area contributed by atoms with Crippen molar-refractivity contribution in [3.63, 3.8) is 0 Å². The first kappa shape index (κ1) is 10.6. The van der Waals surface area contributed by atoms with Crippen LogP contribution in [0.3, 0.4) is 0 Å². The molecule has 3 nitrogen and oxygen atoms in total. The molecule has 1 aliphatic heterocycles. The highest BCUT2D eigenvalue weighted by atomic mass is 79.9. The molecule has 2 rings (SSSR count). The summed E-state index contributed by atoms with van der Waals surface area (Å²) in [7, 11) is 0. The maximum absolute atomic E-state index is 8.94. The number of aliphatic hydroxyl groups is 1. The summed E-state index contributed by atoms with van der Waals surface area (Å²) < 4.78 is 12.2. The quantitative estimate of drug-likeness (QED) is 0.901. The molecule has 1 saturated heterocycles. The van der Waals surface area contributed by atoms with Crippen molar-refractivity contribution in [2.45, 2.75) is 18.8 Å². The van der Waals surface area contributed by atoms with Gasteiger partial charge in [0.1, 0.15) is 6.10 Å². The molecular weight excluding hydrogens is 268 g/mol. The first-order valence-electron chi connectivity index (χ1n) is 4.32. The van der Waals surface area contributed by atoms with Gasteiger partial charge in [-0.05, 0) is 35.0 Å². The Bertz CT molecular complexity index is 328. The average molecular weight is 279 g/mol. The van der Waals surface area contributed by atoms with Crippen LogP contribution in [0.4, 0.5) is 0 Å². The Hall–Kier alpha value is 0.0600. The van der Waals surface area contributed by atoms with E-state index >= 15 is 0 Å². The van der Waals surface area contributed by atoms with Crippen molar-refractivity contribution in [3.05, 3.63) is 20.8 Å². The third-order valence-electron chi connectivity index (χ3n) is 2.16. The lowest BCUT2D eigenvalue weighted by Crippen LogP contribution is -2.23. The van der Waals surface area contributed by atoms with E-state index in [9.17, 15) is 0 Å². The van der Waals surface area contributed by atoms with Gasteiger partial charge < -0.3 is 14.6 Å².